The Morgan fingerprint density at radius 2 is 0.939 bits per heavy atom. The zero-order chi connectivity index (χ0) is 25.0. The van der Waals surface area contributed by atoms with Crippen LogP contribution in [0.3, 0.4) is 0 Å². The van der Waals surface area contributed by atoms with Crippen LogP contribution in [0, 0.1) is 5.41 Å². The monoisotopic (exact) mass is 478 g/mol. The molecule has 0 aliphatic carbocycles. The van der Waals surface area contributed by atoms with Gasteiger partial charge < -0.3 is 30.3 Å². The lowest BCUT2D eigenvalue weighted by molar-refractivity contribution is 0.00304. The number of aliphatic hydroxyl groups excluding tert-OH is 5. The number of rotatable bonds is 24. The Bertz CT molecular complexity index is 332. The lowest BCUT2D eigenvalue weighted by Crippen LogP contribution is -2.32. The van der Waals surface area contributed by atoms with Gasteiger partial charge in [-0.1, -0.05) is 110 Å². The van der Waals surface area contributed by atoms with Crippen molar-refractivity contribution in [2.75, 3.05) is 39.6 Å². The van der Waals surface area contributed by atoms with Crippen LogP contribution < -0.4 is 0 Å². The fourth-order valence-electron chi connectivity index (χ4n) is 3.51. The summed E-state index contributed by atoms with van der Waals surface area (Å²) in [5.74, 6) is 0. The second kappa shape index (κ2) is 28.0. The van der Waals surface area contributed by atoms with Crippen LogP contribution in [-0.4, -0.2) is 71.3 Å². The van der Waals surface area contributed by atoms with Gasteiger partial charge >= 0.3 is 0 Å². The highest BCUT2D eigenvalue weighted by Crippen LogP contribution is 2.18. The Morgan fingerprint density at radius 1 is 0.576 bits per heavy atom. The Morgan fingerprint density at radius 3 is 1.21 bits per heavy atom. The summed E-state index contributed by atoms with van der Waals surface area (Å²) in [5.41, 5.74) is -0.667. The third-order valence-electron chi connectivity index (χ3n) is 6.42. The molecule has 0 saturated carbocycles. The number of hydrogen-bond donors (Lipinski definition) is 5. The molecular weight excluding hydrogens is 420 g/mol. The largest absolute Gasteiger partial charge is 0.396 e. The van der Waals surface area contributed by atoms with Crippen LogP contribution in [0.5, 0.6) is 0 Å². The Balaban J connectivity index is 0. The van der Waals surface area contributed by atoms with Crippen LogP contribution in [-0.2, 0) is 4.74 Å². The maximum Gasteiger partial charge on any atom is 0.100 e. The molecule has 0 aromatic carbocycles. The van der Waals surface area contributed by atoms with E-state index in [2.05, 4.69) is 6.92 Å². The summed E-state index contributed by atoms with van der Waals surface area (Å²) in [5, 5.41) is 43.7. The van der Waals surface area contributed by atoms with E-state index in [0.717, 1.165) is 6.42 Å². The normalized spacial score (nSPS) is 12.5. The van der Waals surface area contributed by atoms with Gasteiger partial charge in [-0.15, -0.1) is 0 Å². The lowest BCUT2D eigenvalue weighted by atomic mass is 9.88. The zero-order valence-corrected chi connectivity index (χ0v) is 22.0. The molecule has 202 valence electrons. The molecule has 0 rings (SSSR count). The molecule has 0 amide bonds. The van der Waals surface area contributed by atoms with Crippen molar-refractivity contribution in [1.82, 2.24) is 0 Å². The van der Waals surface area contributed by atoms with Crippen molar-refractivity contribution in [1.29, 1.82) is 0 Å². The topological polar surface area (TPSA) is 110 Å². The van der Waals surface area contributed by atoms with Gasteiger partial charge in [0.25, 0.3) is 0 Å². The predicted octanol–water partition coefficient (Wildman–Crippen LogP) is 4.98. The van der Waals surface area contributed by atoms with Gasteiger partial charge in [-0.05, 0) is 12.8 Å². The standard InChI is InChI=1S/C21H44O3.C6H14O3/c1-2-3-4-5-6-7-8-9-10-11-12-13-14-15-16-17-18-24-20-21(23)19-22;1-2-6(3-7,4-8)5-9/h21-23H,2-20H2,1H3;7-9H,2-5H2,1H3. The van der Waals surface area contributed by atoms with E-state index in [-0.39, 0.29) is 33.0 Å². The number of unbranched alkanes of at least 4 members (excludes halogenated alkanes) is 15. The van der Waals surface area contributed by atoms with E-state index in [4.69, 9.17) is 30.3 Å². The maximum atomic E-state index is 9.12. The van der Waals surface area contributed by atoms with Gasteiger partial charge in [0.2, 0.25) is 0 Å². The van der Waals surface area contributed by atoms with Gasteiger partial charge in [-0.25, -0.2) is 0 Å². The minimum Gasteiger partial charge on any atom is -0.396 e. The fraction of sp³-hybridized carbons (Fsp3) is 1.00. The highest BCUT2D eigenvalue weighted by molar-refractivity contribution is 4.74. The summed E-state index contributed by atoms with van der Waals surface area (Å²) in [6.45, 7) is 4.39. The molecule has 1 atom stereocenters. The second-order valence-corrected chi connectivity index (χ2v) is 9.54. The molecule has 0 saturated heterocycles. The van der Waals surface area contributed by atoms with Crippen molar-refractivity contribution in [2.45, 2.75) is 129 Å². The molecule has 1 unspecified atom stereocenters. The number of ether oxygens (including phenoxy) is 1. The van der Waals surface area contributed by atoms with Crippen LogP contribution in [0.15, 0.2) is 0 Å². The van der Waals surface area contributed by atoms with Crippen LogP contribution >= 0.6 is 0 Å². The minimum atomic E-state index is -0.717. The molecule has 0 aliphatic heterocycles. The van der Waals surface area contributed by atoms with Gasteiger partial charge in [0.15, 0.2) is 0 Å². The second-order valence-electron chi connectivity index (χ2n) is 9.54. The molecule has 6 nitrogen and oxygen atoms in total. The first-order valence-electron chi connectivity index (χ1n) is 13.7. The molecule has 0 aromatic heterocycles. The fourth-order valence-corrected chi connectivity index (χ4v) is 3.51. The third-order valence-corrected chi connectivity index (χ3v) is 6.42. The van der Waals surface area contributed by atoms with Crippen molar-refractivity contribution in [3.8, 4) is 0 Å². The minimum absolute atomic E-state index is 0.156. The highest BCUT2D eigenvalue weighted by Gasteiger charge is 2.24. The van der Waals surface area contributed by atoms with E-state index in [0.29, 0.717) is 13.0 Å². The van der Waals surface area contributed by atoms with Crippen molar-refractivity contribution in [3.05, 3.63) is 0 Å². The van der Waals surface area contributed by atoms with E-state index < -0.39 is 11.5 Å². The zero-order valence-electron chi connectivity index (χ0n) is 22.0. The number of hydrogen-bond acceptors (Lipinski definition) is 6. The maximum absolute atomic E-state index is 9.12. The third kappa shape index (κ3) is 24.7. The number of aliphatic hydroxyl groups is 5. The van der Waals surface area contributed by atoms with Crippen molar-refractivity contribution < 1.29 is 30.3 Å². The summed E-state index contributed by atoms with van der Waals surface area (Å²) in [4.78, 5) is 0. The van der Waals surface area contributed by atoms with Crippen molar-refractivity contribution in [2.24, 2.45) is 5.41 Å². The first kappa shape index (κ1) is 34.9. The SMILES string of the molecule is CCC(CO)(CO)CO.CCCCCCCCCCCCCCCCCCOCC(O)CO. The van der Waals surface area contributed by atoms with Crippen LogP contribution in [0.1, 0.15) is 123 Å². The average Bonchev–Trinajstić information content (AvgIpc) is 2.85. The van der Waals surface area contributed by atoms with Crippen LogP contribution in [0.25, 0.3) is 0 Å². The predicted molar refractivity (Wildman–Crippen MR) is 137 cm³/mol. The molecule has 5 N–H and O–H groups in total. The molecule has 0 fully saturated rings. The molecule has 0 aromatic rings. The van der Waals surface area contributed by atoms with Gasteiger partial charge in [-0.3, -0.25) is 0 Å². The first-order valence-corrected chi connectivity index (χ1v) is 13.7. The first-order chi connectivity index (χ1) is 16.1. The van der Waals surface area contributed by atoms with E-state index in [1.54, 1.807) is 0 Å². The molecule has 6 heteroatoms. The molecule has 33 heavy (non-hydrogen) atoms. The van der Waals surface area contributed by atoms with E-state index in [1.807, 2.05) is 6.92 Å². The van der Waals surface area contributed by atoms with E-state index >= 15 is 0 Å². The lowest BCUT2D eigenvalue weighted by Gasteiger charge is -2.24. The smallest absolute Gasteiger partial charge is 0.100 e. The Hall–Kier alpha value is -0.240. The molecule has 0 bridgehead atoms. The molecule has 0 radical (unpaired) electrons. The molecule has 0 spiro atoms. The molecular formula is C27H58O6. The van der Waals surface area contributed by atoms with E-state index in [1.165, 1.54) is 96.3 Å². The summed E-state index contributed by atoms with van der Waals surface area (Å²) >= 11 is 0. The summed E-state index contributed by atoms with van der Waals surface area (Å²) in [6.07, 6.45) is 21.8. The quantitative estimate of drug-likeness (QED) is 0.125. The van der Waals surface area contributed by atoms with Crippen LogP contribution in [0.4, 0.5) is 0 Å². The highest BCUT2D eigenvalue weighted by atomic mass is 16.5. The van der Waals surface area contributed by atoms with Crippen LogP contribution in [0.2, 0.25) is 0 Å². The van der Waals surface area contributed by atoms with Gasteiger partial charge in [-0.2, -0.15) is 0 Å². The van der Waals surface area contributed by atoms with Crippen molar-refractivity contribution in [3.63, 3.8) is 0 Å². The van der Waals surface area contributed by atoms with E-state index in [9.17, 15) is 0 Å². The summed E-state index contributed by atoms with van der Waals surface area (Å²) < 4.78 is 5.30. The summed E-state index contributed by atoms with van der Waals surface area (Å²) in [7, 11) is 0. The van der Waals surface area contributed by atoms with Gasteiger partial charge in [0, 0.05) is 12.0 Å². The Kier molecular flexibility index (Phi) is 29.6. The molecule has 0 heterocycles. The van der Waals surface area contributed by atoms with Crippen molar-refractivity contribution >= 4 is 0 Å². The molecule has 0 aliphatic rings. The summed E-state index contributed by atoms with van der Waals surface area (Å²) in [6, 6.07) is 0. The van der Waals surface area contributed by atoms with Gasteiger partial charge in [0.1, 0.15) is 6.10 Å². The Labute approximate surface area is 204 Å². The van der Waals surface area contributed by atoms with Gasteiger partial charge in [0.05, 0.1) is 33.0 Å². The average molecular weight is 479 g/mol.